The van der Waals surface area contributed by atoms with Gasteiger partial charge in [-0.2, -0.15) is 0 Å². The standard InChI is InChI=1S/C11H16O10/c1-5(12)9(16)11(19-7(3)14,21-20-8(4)15)10(17)18-6(2)13/h5,9,12,16H,1-4H3/t5-,9-,11+/m0/s1. The number of rotatable bonds is 6. The molecule has 21 heavy (non-hydrogen) atoms. The molecule has 0 aliphatic rings. The highest BCUT2D eigenvalue weighted by Crippen LogP contribution is 2.24. The third-order valence-corrected chi connectivity index (χ3v) is 1.95. The molecule has 0 aromatic heterocycles. The molecule has 0 heterocycles. The van der Waals surface area contributed by atoms with Crippen LogP contribution in [0.2, 0.25) is 0 Å². The molecule has 120 valence electrons. The van der Waals surface area contributed by atoms with Gasteiger partial charge in [0.1, 0.15) is 0 Å². The van der Waals surface area contributed by atoms with E-state index in [1.165, 1.54) is 0 Å². The van der Waals surface area contributed by atoms with Crippen molar-refractivity contribution in [3.05, 3.63) is 0 Å². The Balaban J connectivity index is 5.68. The van der Waals surface area contributed by atoms with Crippen LogP contribution < -0.4 is 0 Å². The fourth-order valence-electron chi connectivity index (χ4n) is 1.18. The second-order valence-electron chi connectivity index (χ2n) is 3.99. The normalized spacial score (nSPS) is 16.1. The Morgan fingerprint density at radius 3 is 1.81 bits per heavy atom. The van der Waals surface area contributed by atoms with E-state index in [1.807, 2.05) is 0 Å². The van der Waals surface area contributed by atoms with Gasteiger partial charge in [-0.1, -0.05) is 0 Å². The van der Waals surface area contributed by atoms with Crippen LogP contribution in [0.15, 0.2) is 0 Å². The summed E-state index contributed by atoms with van der Waals surface area (Å²) in [5, 5.41) is 19.2. The average Bonchev–Trinajstić information content (AvgIpc) is 2.31. The Morgan fingerprint density at radius 1 is 0.952 bits per heavy atom. The highest BCUT2D eigenvalue weighted by atomic mass is 17.2. The molecule has 10 heteroatoms. The lowest BCUT2D eigenvalue weighted by Gasteiger charge is -2.32. The van der Waals surface area contributed by atoms with Crippen molar-refractivity contribution < 1.29 is 48.6 Å². The molecule has 2 N–H and O–H groups in total. The Morgan fingerprint density at radius 2 is 1.48 bits per heavy atom. The lowest BCUT2D eigenvalue weighted by Crippen LogP contribution is -2.59. The van der Waals surface area contributed by atoms with Crippen LogP contribution in [0.25, 0.3) is 0 Å². The van der Waals surface area contributed by atoms with Crippen LogP contribution in [0.1, 0.15) is 27.7 Å². The van der Waals surface area contributed by atoms with Crippen LogP contribution in [0.4, 0.5) is 0 Å². The maximum atomic E-state index is 11.9. The number of carbonyl (C=O) groups excluding carboxylic acids is 4. The lowest BCUT2D eigenvalue weighted by atomic mass is 10.1. The van der Waals surface area contributed by atoms with E-state index in [-0.39, 0.29) is 0 Å². The van der Waals surface area contributed by atoms with Gasteiger partial charge in [-0.15, -0.1) is 4.89 Å². The second-order valence-corrected chi connectivity index (χ2v) is 3.99. The minimum Gasteiger partial charge on any atom is -0.416 e. The van der Waals surface area contributed by atoms with E-state index in [0.29, 0.717) is 0 Å². The van der Waals surface area contributed by atoms with Crippen molar-refractivity contribution >= 4 is 23.9 Å². The average molecular weight is 308 g/mol. The molecule has 3 atom stereocenters. The smallest absolute Gasteiger partial charge is 0.394 e. The number of esters is 3. The zero-order chi connectivity index (χ0) is 16.8. The highest BCUT2D eigenvalue weighted by molar-refractivity contribution is 5.90. The molecule has 0 saturated carbocycles. The van der Waals surface area contributed by atoms with Crippen molar-refractivity contribution in [2.24, 2.45) is 0 Å². The molecule has 0 aliphatic heterocycles. The van der Waals surface area contributed by atoms with Gasteiger partial charge in [0.2, 0.25) is 0 Å². The molecule has 0 bridgehead atoms. The topological polar surface area (TPSA) is 146 Å². The number of ether oxygens (including phenoxy) is 2. The van der Waals surface area contributed by atoms with E-state index in [1.54, 1.807) is 0 Å². The summed E-state index contributed by atoms with van der Waals surface area (Å²) < 4.78 is 8.68. The summed E-state index contributed by atoms with van der Waals surface area (Å²) in [6.07, 6.45) is -3.87. The first kappa shape index (κ1) is 19.0. The molecular weight excluding hydrogens is 292 g/mol. The van der Waals surface area contributed by atoms with E-state index in [0.717, 1.165) is 27.7 Å². The third-order valence-electron chi connectivity index (χ3n) is 1.95. The molecular formula is C11H16O10. The van der Waals surface area contributed by atoms with Crippen molar-refractivity contribution in [1.82, 2.24) is 0 Å². The maximum absolute atomic E-state index is 11.9. The summed E-state index contributed by atoms with van der Waals surface area (Å²) in [4.78, 5) is 53.0. The molecule has 0 aromatic carbocycles. The summed E-state index contributed by atoms with van der Waals surface area (Å²) in [5.41, 5.74) is 0. The first-order valence-corrected chi connectivity index (χ1v) is 5.67. The Hall–Kier alpha value is -2.04. The Bertz CT molecular complexity index is 429. The first-order valence-electron chi connectivity index (χ1n) is 5.67. The van der Waals surface area contributed by atoms with Gasteiger partial charge in [-0.3, -0.25) is 14.5 Å². The van der Waals surface area contributed by atoms with Crippen LogP contribution >= 0.6 is 0 Å². The van der Waals surface area contributed by atoms with E-state index >= 15 is 0 Å². The summed E-state index contributed by atoms with van der Waals surface area (Å²) in [6.45, 7) is 3.63. The van der Waals surface area contributed by atoms with Gasteiger partial charge in [0, 0.05) is 20.8 Å². The molecule has 0 fully saturated rings. The molecule has 0 aromatic rings. The monoisotopic (exact) mass is 308 g/mol. The van der Waals surface area contributed by atoms with Crippen LogP contribution in [0.3, 0.4) is 0 Å². The fourth-order valence-corrected chi connectivity index (χ4v) is 1.18. The largest absolute Gasteiger partial charge is 0.416 e. The van der Waals surface area contributed by atoms with E-state index in [4.69, 9.17) is 0 Å². The predicted molar refractivity (Wildman–Crippen MR) is 61.8 cm³/mol. The van der Waals surface area contributed by atoms with Gasteiger partial charge < -0.3 is 19.7 Å². The number of hydrogen-bond acceptors (Lipinski definition) is 10. The molecule has 0 saturated heterocycles. The molecule has 0 radical (unpaired) electrons. The van der Waals surface area contributed by atoms with Gasteiger partial charge in [-0.05, 0) is 6.92 Å². The van der Waals surface area contributed by atoms with E-state index < -0.39 is 41.9 Å². The van der Waals surface area contributed by atoms with Crippen LogP contribution in [-0.2, 0) is 38.4 Å². The zero-order valence-electron chi connectivity index (χ0n) is 11.8. The van der Waals surface area contributed by atoms with Crippen LogP contribution in [-0.4, -0.2) is 52.1 Å². The fraction of sp³-hybridized carbons (Fsp3) is 0.636. The number of aliphatic hydroxyl groups excluding tert-OH is 2. The van der Waals surface area contributed by atoms with Gasteiger partial charge in [-0.25, -0.2) is 9.59 Å². The van der Waals surface area contributed by atoms with Crippen molar-refractivity contribution in [2.75, 3.05) is 0 Å². The van der Waals surface area contributed by atoms with Crippen molar-refractivity contribution in [2.45, 2.75) is 45.7 Å². The minimum atomic E-state index is -3.04. The van der Waals surface area contributed by atoms with E-state index in [9.17, 15) is 29.4 Å². The van der Waals surface area contributed by atoms with Crippen LogP contribution in [0, 0.1) is 0 Å². The third kappa shape index (κ3) is 5.45. The molecule has 10 nitrogen and oxygen atoms in total. The Kier molecular flexibility index (Phi) is 6.92. The minimum absolute atomic E-state index is 0.849. The first-order chi connectivity index (χ1) is 9.52. The number of hydrogen-bond donors (Lipinski definition) is 2. The van der Waals surface area contributed by atoms with Gasteiger partial charge in [0.15, 0.2) is 6.10 Å². The van der Waals surface area contributed by atoms with E-state index in [2.05, 4.69) is 19.2 Å². The second kappa shape index (κ2) is 7.67. The quantitative estimate of drug-likeness (QED) is 0.197. The maximum Gasteiger partial charge on any atom is 0.394 e. The van der Waals surface area contributed by atoms with Gasteiger partial charge >= 0.3 is 29.7 Å². The summed E-state index contributed by atoms with van der Waals surface area (Å²) in [5.74, 6) is -8.03. The zero-order valence-corrected chi connectivity index (χ0v) is 11.8. The Labute approximate surface area is 119 Å². The summed E-state index contributed by atoms with van der Waals surface area (Å²) in [7, 11) is 0. The number of carbonyl (C=O) groups is 4. The summed E-state index contributed by atoms with van der Waals surface area (Å²) >= 11 is 0. The summed E-state index contributed by atoms with van der Waals surface area (Å²) in [6, 6.07) is 0. The lowest BCUT2D eigenvalue weighted by molar-refractivity contribution is -0.405. The van der Waals surface area contributed by atoms with Crippen molar-refractivity contribution in [3.63, 3.8) is 0 Å². The van der Waals surface area contributed by atoms with Gasteiger partial charge in [0.05, 0.1) is 6.10 Å². The molecule has 0 amide bonds. The highest BCUT2D eigenvalue weighted by Gasteiger charge is 2.57. The van der Waals surface area contributed by atoms with Crippen molar-refractivity contribution in [1.29, 1.82) is 0 Å². The SMILES string of the molecule is CC(=O)OO[C@@](OC(C)=O)(C(=O)OC(C)=O)[C@@H](O)[C@H](C)O. The molecule has 0 unspecified atom stereocenters. The van der Waals surface area contributed by atoms with Gasteiger partial charge in [0.25, 0.3) is 0 Å². The molecule has 0 spiro atoms. The molecule has 0 aliphatic carbocycles. The number of aliphatic hydroxyl groups is 2. The van der Waals surface area contributed by atoms with Crippen LogP contribution in [0.5, 0.6) is 0 Å². The van der Waals surface area contributed by atoms with Crippen molar-refractivity contribution in [3.8, 4) is 0 Å². The molecule has 0 rings (SSSR count). The predicted octanol–water partition coefficient (Wildman–Crippen LogP) is -1.43.